The maximum atomic E-state index is 11.7. The Morgan fingerprint density at radius 2 is 2.27 bits per heavy atom. The van der Waals surface area contributed by atoms with Crippen LogP contribution in [0.25, 0.3) is 0 Å². The van der Waals surface area contributed by atoms with Crippen LogP contribution in [0.4, 0.5) is 5.69 Å². The third-order valence-electron chi connectivity index (χ3n) is 2.50. The smallest absolute Gasteiger partial charge is 0.228 e. The van der Waals surface area contributed by atoms with E-state index >= 15 is 0 Å². The molecule has 15 heavy (non-hydrogen) atoms. The molecule has 0 saturated carbocycles. The Kier molecular flexibility index (Phi) is 2.94. The molecule has 80 valence electrons. The van der Waals surface area contributed by atoms with E-state index in [1.54, 1.807) is 4.90 Å². The number of halogens is 1. The van der Waals surface area contributed by atoms with Crippen molar-refractivity contribution in [3.05, 3.63) is 28.8 Å². The molecule has 1 atom stereocenters. The predicted octanol–water partition coefficient (Wildman–Crippen LogP) is 2.68. The lowest BCUT2D eigenvalue weighted by Gasteiger charge is -2.18. The van der Waals surface area contributed by atoms with Gasteiger partial charge in [0, 0.05) is 18.2 Å². The topological polar surface area (TPSA) is 20.3 Å². The van der Waals surface area contributed by atoms with Crippen molar-refractivity contribution in [3.8, 4) is 0 Å². The minimum absolute atomic E-state index is 0.0995. The monoisotopic (exact) mass is 241 g/mol. The molecular formula is C11H12ClNOS. The van der Waals surface area contributed by atoms with Crippen LogP contribution < -0.4 is 4.90 Å². The van der Waals surface area contributed by atoms with Gasteiger partial charge in [0.15, 0.2) is 0 Å². The summed E-state index contributed by atoms with van der Waals surface area (Å²) in [6, 6.07) is 5.70. The normalized spacial score (nSPS) is 21.1. The molecule has 1 unspecified atom stereocenters. The van der Waals surface area contributed by atoms with E-state index in [9.17, 15) is 4.79 Å². The second-order valence-electron chi connectivity index (χ2n) is 3.82. The van der Waals surface area contributed by atoms with Crippen molar-refractivity contribution in [2.45, 2.75) is 18.6 Å². The quantitative estimate of drug-likeness (QED) is 0.750. The molecule has 0 radical (unpaired) electrons. The van der Waals surface area contributed by atoms with Crippen LogP contribution in [-0.2, 0) is 4.79 Å². The maximum Gasteiger partial charge on any atom is 0.228 e. The Hall–Kier alpha value is -0.670. The molecule has 1 aliphatic rings. The molecule has 4 heteroatoms. The Morgan fingerprint density at radius 1 is 1.53 bits per heavy atom. The largest absolute Gasteiger partial charge is 0.310 e. The lowest BCUT2D eigenvalue weighted by atomic mass is 10.2. The summed E-state index contributed by atoms with van der Waals surface area (Å²) in [5.41, 5.74) is 1.91. The summed E-state index contributed by atoms with van der Waals surface area (Å²) in [5, 5.41) is 0.741. The minimum atomic E-state index is 0.0995. The lowest BCUT2D eigenvalue weighted by Crippen LogP contribution is -2.24. The zero-order valence-corrected chi connectivity index (χ0v) is 10.1. The zero-order valence-electron chi connectivity index (χ0n) is 8.40. The van der Waals surface area contributed by atoms with Crippen LogP contribution >= 0.6 is 24.2 Å². The van der Waals surface area contributed by atoms with Gasteiger partial charge in [-0.1, -0.05) is 17.7 Å². The van der Waals surface area contributed by atoms with Gasteiger partial charge in [-0.25, -0.2) is 0 Å². The van der Waals surface area contributed by atoms with E-state index in [0.717, 1.165) is 11.3 Å². The summed E-state index contributed by atoms with van der Waals surface area (Å²) < 4.78 is 0. The van der Waals surface area contributed by atoms with Crippen molar-refractivity contribution in [2.24, 2.45) is 0 Å². The molecule has 1 aromatic carbocycles. The molecule has 1 aliphatic heterocycles. The third-order valence-corrected chi connectivity index (χ3v) is 3.16. The van der Waals surface area contributed by atoms with Crippen molar-refractivity contribution in [1.82, 2.24) is 0 Å². The fourth-order valence-electron chi connectivity index (χ4n) is 1.75. The molecular weight excluding hydrogens is 230 g/mol. The highest BCUT2D eigenvalue weighted by molar-refractivity contribution is 7.81. The molecule has 1 fully saturated rings. The molecule has 0 spiro atoms. The number of anilines is 1. The Morgan fingerprint density at radius 3 is 2.87 bits per heavy atom. The molecule has 2 nitrogen and oxygen atoms in total. The van der Waals surface area contributed by atoms with Crippen LogP contribution in [0.2, 0.25) is 5.02 Å². The van der Waals surface area contributed by atoms with Crippen molar-refractivity contribution >= 4 is 35.8 Å². The average molecular weight is 242 g/mol. The van der Waals surface area contributed by atoms with Gasteiger partial charge in [0.05, 0.1) is 10.7 Å². The van der Waals surface area contributed by atoms with Gasteiger partial charge >= 0.3 is 0 Å². The highest BCUT2D eigenvalue weighted by Gasteiger charge is 2.29. The fourth-order valence-corrected chi connectivity index (χ4v) is 2.29. The first kappa shape index (κ1) is 10.8. The summed E-state index contributed by atoms with van der Waals surface area (Å²) in [6.45, 7) is 2.63. The van der Waals surface area contributed by atoms with Crippen LogP contribution in [-0.4, -0.2) is 17.7 Å². The van der Waals surface area contributed by atoms with E-state index in [1.807, 2.05) is 25.1 Å². The number of hydrogen-bond donors (Lipinski definition) is 1. The summed E-state index contributed by atoms with van der Waals surface area (Å²) in [6.07, 6.45) is 0.493. The van der Waals surface area contributed by atoms with Gasteiger partial charge < -0.3 is 4.90 Å². The van der Waals surface area contributed by atoms with E-state index in [-0.39, 0.29) is 11.2 Å². The van der Waals surface area contributed by atoms with Gasteiger partial charge in [0.2, 0.25) is 5.91 Å². The van der Waals surface area contributed by atoms with Gasteiger partial charge in [-0.15, -0.1) is 0 Å². The Labute approximate surface area is 99.6 Å². The first-order valence-electron chi connectivity index (χ1n) is 4.82. The number of hydrogen-bond acceptors (Lipinski definition) is 2. The molecule has 0 bridgehead atoms. The highest BCUT2D eigenvalue weighted by atomic mass is 35.5. The number of carbonyl (C=O) groups is 1. The number of amides is 1. The highest BCUT2D eigenvalue weighted by Crippen LogP contribution is 2.31. The van der Waals surface area contributed by atoms with Crippen LogP contribution in [0.3, 0.4) is 0 Å². The summed E-state index contributed by atoms with van der Waals surface area (Å²) in [7, 11) is 0. The van der Waals surface area contributed by atoms with Crippen molar-refractivity contribution in [3.63, 3.8) is 0 Å². The lowest BCUT2D eigenvalue weighted by molar-refractivity contribution is -0.117. The molecule has 0 aliphatic carbocycles. The van der Waals surface area contributed by atoms with Crippen LogP contribution in [0, 0.1) is 6.92 Å². The fraction of sp³-hybridized carbons (Fsp3) is 0.364. The number of carbonyl (C=O) groups excluding carboxylic acids is 1. The second kappa shape index (κ2) is 4.06. The van der Waals surface area contributed by atoms with Crippen molar-refractivity contribution in [2.75, 3.05) is 11.4 Å². The second-order valence-corrected chi connectivity index (χ2v) is 4.95. The summed E-state index contributed by atoms with van der Waals surface area (Å²) in [5.74, 6) is 0.0995. The molecule has 1 heterocycles. The number of rotatable bonds is 1. The first-order valence-corrected chi connectivity index (χ1v) is 5.72. The predicted molar refractivity (Wildman–Crippen MR) is 65.9 cm³/mol. The van der Waals surface area contributed by atoms with Gasteiger partial charge in [0.1, 0.15) is 0 Å². The van der Waals surface area contributed by atoms with Crippen molar-refractivity contribution < 1.29 is 4.79 Å². The standard InChI is InChI=1S/C11H12ClNOS/c1-7-2-3-9(12)10(4-7)13-6-8(15)5-11(13)14/h2-4,8,15H,5-6H2,1H3. The maximum absolute atomic E-state index is 11.7. The number of thiol groups is 1. The van der Waals surface area contributed by atoms with E-state index in [0.29, 0.717) is 18.0 Å². The van der Waals surface area contributed by atoms with Crippen molar-refractivity contribution in [1.29, 1.82) is 0 Å². The van der Waals surface area contributed by atoms with Crippen LogP contribution in [0.15, 0.2) is 18.2 Å². The van der Waals surface area contributed by atoms with Gasteiger partial charge in [0.25, 0.3) is 0 Å². The number of benzene rings is 1. The summed E-state index contributed by atoms with van der Waals surface area (Å²) >= 11 is 10.4. The molecule has 2 rings (SSSR count). The van der Waals surface area contributed by atoms with E-state index < -0.39 is 0 Å². The molecule has 0 N–H and O–H groups in total. The Bertz CT molecular complexity index is 408. The van der Waals surface area contributed by atoms with Crippen LogP contribution in [0.1, 0.15) is 12.0 Å². The third kappa shape index (κ3) is 2.13. The van der Waals surface area contributed by atoms with Gasteiger partial charge in [-0.2, -0.15) is 12.6 Å². The average Bonchev–Trinajstić information content (AvgIpc) is 2.50. The molecule has 1 saturated heterocycles. The van der Waals surface area contributed by atoms with Gasteiger partial charge in [-0.05, 0) is 24.6 Å². The summed E-state index contributed by atoms with van der Waals surface area (Å²) in [4.78, 5) is 13.4. The van der Waals surface area contributed by atoms with E-state index in [1.165, 1.54) is 0 Å². The molecule has 0 aromatic heterocycles. The first-order chi connectivity index (χ1) is 7.08. The zero-order chi connectivity index (χ0) is 11.0. The van der Waals surface area contributed by atoms with E-state index in [2.05, 4.69) is 12.6 Å². The number of nitrogens with zero attached hydrogens (tertiary/aromatic N) is 1. The SMILES string of the molecule is Cc1ccc(Cl)c(N2CC(S)CC2=O)c1. The molecule has 1 amide bonds. The molecule has 1 aromatic rings. The number of aryl methyl sites for hydroxylation is 1. The Balaban J connectivity index is 2.37. The van der Waals surface area contributed by atoms with E-state index in [4.69, 9.17) is 11.6 Å². The van der Waals surface area contributed by atoms with Gasteiger partial charge in [-0.3, -0.25) is 4.79 Å². The minimum Gasteiger partial charge on any atom is -0.310 e. The van der Waals surface area contributed by atoms with Crippen LogP contribution in [0.5, 0.6) is 0 Å².